The number of alkyl halides is 2. The third-order valence-electron chi connectivity index (χ3n) is 3.18. The monoisotopic (exact) mass is 377 g/mol. The van der Waals surface area contributed by atoms with E-state index in [1.807, 2.05) is 6.07 Å². The fourth-order valence-corrected chi connectivity index (χ4v) is 3.14. The van der Waals surface area contributed by atoms with E-state index in [0.717, 1.165) is 0 Å². The number of rotatable bonds is 6. The number of halogens is 2. The van der Waals surface area contributed by atoms with E-state index in [4.69, 9.17) is 0 Å². The first kappa shape index (κ1) is 17.4. The van der Waals surface area contributed by atoms with E-state index in [9.17, 15) is 13.6 Å². The van der Waals surface area contributed by atoms with E-state index in [1.165, 1.54) is 11.3 Å². The predicted molar refractivity (Wildman–Crippen MR) is 98.1 cm³/mol. The Morgan fingerprint density at radius 1 is 1.12 bits per heavy atom. The lowest BCUT2D eigenvalue weighted by molar-refractivity contribution is 0.102. The molecule has 0 saturated heterocycles. The van der Waals surface area contributed by atoms with Crippen molar-refractivity contribution >= 4 is 45.5 Å². The first-order valence-corrected chi connectivity index (χ1v) is 8.99. The van der Waals surface area contributed by atoms with Gasteiger partial charge >= 0.3 is 0 Å². The number of benzene rings is 2. The van der Waals surface area contributed by atoms with Gasteiger partial charge in [-0.1, -0.05) is 23.9 Å². The maximum atomic E-state index is 12.4. The smallest absolute Gasteiger partial charge is 0.288 e. The van der Waals surface area contributed by atoms with Crippen LogP contribution in [0.5, 0.6) is 0 Å². The maximum absolute atomic E-state index is 12.4. The topological polar surface area (TPSA) is 54.0 Å². The van der Waals surface area contributed by atoms with Crippen molar-refractivity contribution in [3.8, 4) is 0 Å². The first-order valence-electron chi connectivity index (χ1n) is 7.23. The molecule has 0 fully saturated rings. The SMILES string of the molecule is O=C(Nc1nccs1)c1ccccc1Nc1ccc(SC(F)F)cc1. The highest BCUT2D eigenvalue weighted by Gasteiger charge is 2.12. The maximum Gasteiger partial charge on any atom is 0.288 e. The first-order chi connectivity index (χ1) is 12.1. The van der Waals surface area contributed by atoms with Crippen molar-refractivity contribution < 1.29 is 13.6 Å². The predicted octanol–water partition coefficient (Wildman–Crippen LogP) is 5.45. The highest BCUT2D eigenvalue weighted by Crippen LogP contribution is 2.28. The molecule has 0 saturated carbocycles. The highest BCUT2D eigenvalue weighted by atomic mass is 32.2. The van der Waals surface area contributed by atoms with E-state index in [0.29, 0.717) is 38.7 Å². The summed E-state index contributed by atoms with van der Waals surface area (Å²) in [6.07, 6.45) is 1.61. The minimum absolute atomic E-state index is 0.275. The third kappa shape index (κ3) is 4.77. The summed E-state index contributed by atoms with van der Waals surface area (Å²) in [4.78, 5) is 16.9. The number of nitrogens with zero attached hydrogens (tertiary/aromatic N) is 1. The van der Waals surface area contributed by atoms with Crippen LogP contribution in [0.3, 0.4) is 0 Å². The second-order valence-corrected chi connectivity index (χ2v) is 6.82. The van der Waals surface area contributed by atoms with Crippen LogP contribution >= 0.6 is 23.1 Å². The zero-order chi connectivity index (χ0) is 17.6. The van der Waals surface area contributed by atoms with Gasteiger partial charge in [0.25, 0.3) is 11.7 Å². The number of carbonyl (C=O) groups is 1. The molecule has 0 radical (unpaired) electrons. The van der Waals surface area contributed by atoms with Crippen molar-refractivity contribution in [1.29, 1.82) is 0 Å². The summed E-state index contributed by atoms with van der Waals surface area (Å²) in [5, 5.41) is 8.17. The van der Waals surface area contributed by atoms with Crippen LogP contribution in [0.1, 0.15) is 10.4 Å². The second kappa shape index (κ2) is 8.09. The average molecular weight is 377 g/mol. The van der Waals surface area contributed by atoms with Gasteiger partial charge in [-0.3, -0.25) is 10.1 Å². The number of anilines is 3. The van der Waals surface area contributed by atoms with Crippen LogP contribution in [-0.2, 0) is 0 Å². The number of aromatic nitrogens is 1. The molecule has 0 aliphatic rings. The summed E-state index contributed by atoms with van der Waals surface area (Å²) < 4.78 is 24.7. The molecule has 3 rings (SSSR count). The van der Waals surface area contributed by atoms with Gasteiger partial charge < -0.3 is 5.32 Å². The molecule has 3 aromatic rings. The Morgan fingerprint density at radius 3 is 2.56 bits per heavy atom. The molecule has 128 valence electrons. The number of nitrogens with one attached hydrogen (secondary N) is 2. The summed E-state index contributed by atoms with van der Waals surface area (Å²) in [7, 11) is 0. The Kier molecular flexibility index (Phi) is 5.62. The van der Waals surface area contributed by atoms with E-state index in [-0.39, 0.29) is 5.91 Å². The molecule has 1 aromatic heterocycles. The van der Waals surface area contributed by atoms with Gasteiger partial charge in [0.15, 0.2) is 5.13 Å². The van der Waals surface area contributed by atoms with Crippen LogP contribution in [0.15, 0.2) is 65.0 Å². The lowest BCUT2D eigenvalue weighted by Gasteiger charge is -2.12. The molecule has 25 heavy (non-hydrogen) atoms. The molecular formula is C17H13F2N3OS2. The number of amides is 1. The number of carbonyl (C=O) groups excluding carboxylic acids is 1. The van der Waals surface area contributed by atoms with Crippen LogP contribution < -0.4 is 10.6 Å². The Hall–Kier alpha value is -2.45. The minimum atomic E-state index is -2.45. The highest BCUT2D eigenvalue weighted by molar-refractivity contribution is 7.99. The van der Waals surface area contributed by atoms with Gasteiger partial charge in [-0.05, 0) is 36.4 Å². The molecule has 0 aliphatic heterocycles. The number of hydrogen-bond donors (Lipinski definition) is 2. The number of thiazole rings is 1. The molecule has 0 unspecified atom stereocenters. The van der Waals surface area contributed by atoms with Crippen molar-refractivity contribution in [2.75, 3.05) is 10.6 Å². The van der Waals surface area contributed by atoms with E-state index >= 15 is 0 Å². The van der Waals surface area contributed by atoms with Crippen LogP contribution in [-0.4, -0.2) is 16.6 Å². The van der Waals surface area contributed by atoms with Crippen LogP contribution in [0.2, 0.25) is 0 Å². The number of thioether (sulfide) groups is 1. The number of hydrogen-bond acceptors (Lipinski definition) is 5. The van der Waals surface area contributed by atoms with Crippen LogP contribution in [0, 0.1) is 0 Å². The molecule has 0 atom stereocenters. The fourth-order valence-electron chi connectivity index (χ4n) is 2.11. The van der Waals surface area contributed by atoms with E-state index < -0.39 is 5.76 Å². The van der Waals surface area contributed by atoms with Gasteiger partial charge in [-0.25, -0.2) is 4.98 Å². The summed E-state index contributed by atoms with van der Waals surface area (Å²) >= 11 is 1.83. The zero-order valence-corrected chi connectivity index (χ0v) is 14.4. The molecule has 4 nitrogen and oxygen atoms in total. The lowest BCUT2D eigenvalue weighted by Crippen LogP contribution is -2.13. The van der Waals surface area contributed by atoms with Gasteiger partial charge in [0.05, 0.1) is 11.3 Å². The Balaban J connectivity index is 1.75. The molecule has 2 N–H and O–H groups in total. The van der Waals surface area contributed by atoms with Crippen molar-refractivity contribution in [3.05, 3.63) is 65.7 Å². The van der Waals surface area contributed by atoms with Crippen LogP contribution in [0.4, 0.5) is 25.3 Å². The van der Waals surface area contributed by atoms with Gasteiger partial charge in [0, 0.05) is 22.2 Å². The molecule has 2 aromatic carbocycles. The summed E-state index contributed by atoms with van der Waals surface area (Å²) in [6.45, 7) is 0. The molecule has 0 spiro atoms. The molecule has 1 heterocycles. The van der Waals surface area contributed by atoms with Crippen LogP contribution in [0.25, 0.3) is 0 Å². The fraction of sp³-hybridized carbons (Fsp3) is 0.0588. The Bertz CT molecular complexity index is 839. The van der Waals surface area contributed by atoms with Gasteiger partial charge in [0.2, 0.25) is 0 Å². The van der Waals surface area contributed by atoms with Gasteiger partial charge in [-0.2, -0.15) is 8.78 Å². The molecule has 0 bridgehead atoms. The summed E-state index contributed by atoms with van der Waals surface area (Å²) in [6, 6.07) is 13.7. The molecule has 1 amide bonds. The largest absolute Gasteiger partial charge is 0.355 e. The minimum Gasteiger partial charge on any atom is -0.355 e. The quantitative estimate of drug-likeness (QED) is 0.561. The normalized spacial score (nSPS) is 10.7. The number of para-hydroxylation sites is 1. The van der Waals surface area contributed by atoms with Crippen molar-refractivity contribution in [1.82, 2.24) is 4.98 Å². The zero-order valence-electron chi connectivity index (χ0n) is 12.8. The Labute approximate surface area is 151 Å². The summed E-state index contributed by atoms with van der Waals surface area (Å²) in [5.41, 5.74) is 1.78. The molecular weight excluding hydrogens is 364 g/mol. The molecule has 0 aliphatic carbocycles. The third-order valence-corrected chi connectivity index (χ3v) is 4.59. The lowest BCUT2D eigenvalue weighted by atomic mass is 10.1. The second-order valence-electron chi connectivity index (χ2n) is 4.86. The van der Waals surface area contributed by atoms with Crippen molar-refractivity contribution in [2.45, 2.75) is 10.7 Å². The van der Waals surface area contributed by atoms with E-state index in [1.54, 1.807) is 54.0 Å². The van der Waals surface area contributed by atoms with Gasteiger partial charge in [0.1, 0.15) is 0 Å². The van der Waals surface area contributed by atoms with E-state index in [2.05, 4.69) is 15.6 Å². The standard InChI is InChI=1S/C17H13F2N3OS2/c18-16(19)25-12-7-5-11(6-8-12)21-14-4-2-1-3-13(14)15(23)22-17-20-9-10-24-17/h1-10,16,21H,(H,20,22,23). The van der Waals surface area contributed by atoms with Crippen molar-refractivity contribution in [3.63, 3.8) is 0 Å². The van der Waals surface area contributed by atoms with Gasteiger partial charge in [-0.15, -0.1) is 11.3 Å². The van der Waals surface area contributed by atoms with Crippen molar-refractivity contribution in [2.24, 2.45) is 0 Å². The summed E-state index contributed by atoms with van der Waals surface area (Å²) in [5.74, 6) is -2.72. The Morgan fingerprint density at radius 2 is 1.88 bits per heavy atom. The average Bonchev–Trinajstić information content (AvgIpc) is 3.09. The molecule has 8 heteroatoms.